The highest BCUT2D eigenvalue weighted by Gasteiger charge is 2.42. The molecule has 1 atom stereocenters. The summed E-state index contributed by atoms with van der Waals surface area (Å²) in [5.74, 6) is -0.812. The molecule has 1 unspecified atom stereocenters. The van der Waals surface area contributed by atoms with E-state index in [0.717, 1.165) is 13.0 Å². The van der Waals surface area contributed by atoms with Crippen molar-refractivity contribution in [2.75, 3.05) is 19.6 Å². The van der Waals surface area contributed by atoms with Crippen molar-refractivity contribution in [1.29, 1.82) is 0 Å². The monoisotopic (exact) mass is 256 g/mol. The maximum absolute atomic E-state index is 12.6. The summed E-state index contributed by atoms with van der Waals surface area (Å²) < 4.78 is 0. The lowest BCUT2D eigenvalue weighted by Gasteiger charge is -2.40. The molecule has 0 aliphatic carbocycles. The average Bonchev–Trinajstić information content (AvgIpc) is 2.64. The zero-order chi connectivity index (χ0) is 14.0. The van der Waals surface area contributed by atoms with Gasteiger partial charge in [0.15, 0.2) is 0 Å². The summed E-state index contributed by atoms with van der Waals surface area (Å²) in [5.41, 5.74) is -0.746. The topological polar surface area (TPSA) is 69.6 Å². The summed E-state index contributed by atoms with van der Waals surface area (Å²) in [6, 6.07) is 0. The zero-order valence-corrected chi connectivity index (χ0v) is 11.7. The van der Waals surface area contributed by atoms with Crippen LogP contribution in [0.5, 0.6) is 0 Å². The Morgan fingerprint density at radius 2 is 2.00 bits per heavy atom. The first-order valence-electron chi connectivity index (χ1n) is 6.41. The second kappa shape index (κ2) is 5.26. The fourth-order valence-electron chi connectivity index (χ4n) is 2.27. The molecular weight excluding hydrogens is 232 g/mol. The van der Waals surface area contributed by atoms with Crippen molar-refractivity contribution in [2.24, 2.45) is 5.41 Å². The van der Waals surface area contributed by atoms with Crippen molar-refractivity contribution >= 4 is 11.9 Å². The van der Waals surface area contributed by atoms with Crippen LogP contribution in [0, 0.1) is 5.41 Å². The number of carbonyl (C=O) groups is 2. The van der Waals surface area contributed by atoms with Gasteiger partial charge in [0.1, 0.15) is 0 Å². The number of carboxylic acid groups (broad SMARTS) is 1. The van der Waals surface area contributed by atoms with Crippen LogP contribution in [0.15, 0.2) is 0 Å². The molecule has 2 N–H and O–H groups in total. The molecule has 0 radical (unpaired) electrons. The van der Waals surface area contributed by atoms with Gasteiger partial charge in [-0.25, -0.2) is 0 Å². The molecule has 0 aromatic heterocycles. The van der Waals surface area contributed by atoms with Crippen molar-refractivity contribution in [1.82, 2.24) is 10.2 Å². The van der Waals surface area contributed by atoms with E-state index in [-0.39, 0.29) is 24.4 Å². The van der Waals surface area contributed by atoms with Crippen LogP contribution in [-0.2, 0) is 9.59 Å². The van der Waals surface area contributed by atoms with Gasteiger partial charge in [-0.3, -0.25) is 9.59 Å². The number of rotatable bonds is 4. The summed E-state index contributed by atoms with van der Waals surface area (Å²) in [6.45, 7) is 9.57. The summed E-state index contributed by atoms with van der Waals surface area (Å²) >= 11 is 0. The molecule has 18 heavy (non-hydrogen) atoms. The Morgan fingerprint density at radius 1 is 1.39 bits per heavy atom. The van der Waals surface area contributed by atoms with Gasteiger partial charge >= 0.3 is 5.97 Å². The van der Waals surface area contributed by atoms with Gasteiger partial charge in [0.05, 0.1) is 11.8 Å². The second-order valence-corrected chi connectivity index (χ2v) is 6.26. The lowest BCUT2D eigenvalue weighted by atomic mass is 9.86. The number of carboxylic acids is 1. The zero-order valence-electron chi connectivity index (χ0n) is 11.7. The third-order valence-electron chi connectivity index (χ3n) is 3.49. The van der Waals surface area contributed by atoms with Gasteiger partial charge in [0.25, 0.3) is 0 Å². The molecule has 0 bridgehead atoms. The summed E-state index contributed by atoms with van der Waals surface area (Å²) in [6.07, 6.45) is 0.804. The second-order valence-electron chi connectivity index (χ2n) is 6.26. The predicted molar refractivity (Wildman–Crippen MR) is 69.3 cm³/mol. The van der Waals surface area contributed by atoms with E-state index >= 15 is 0 Å². The summed E-state index contributed by atoms with van der Waals surface area (Å²) in [4.78, 5) is 25.0. The summed E-state index contributed by atoms with van der Waals surface area (Å²) in [5, 5.41) is 12.0. The minimum Gasteiger partial charge on any atom is -0.481 e. The molecule has 1 saturated heterocycles. The molecule has 0 aromatic carbocycles. The number of hydrogen-bond acceptors (Lipinski definition) is 3. The average molecular weight is 256 g/mol. The number of hydrogen-bond donors (Lipinski definition) is 2. The van der Waals surface area contributed by atoms with Crippen LogP contribution in [0.1, 0.15) is 40.5 Å². The molecule has 1 fully saturated rings. The van der Waals surface area contributed by atoms with E-state index in [0.29, 0.717) is 6.54 Å². The van der Waals surface area contributed by atoms with E-state index in [9.17, 15) is 9.59 Å². The van der Waals surface area contributed by atoms with Crippen LogP contribution < -0.4 is 5.32 Å². The fraction of sp³-hybridized carbons (Fsp3) is 0.846. The van der Waals surface area contributed by atoms with Crippen LogP contribution >= 0.6 is 0 Å². The third kappa shape index (κ3) is 3.45. The number of aliphatic carboxylic acids is 1. The molecule has 5 nitrogen and oxygen atoms in total. The largest absolute Gasteiger partial charge is 0.481 e. The molecule has 5 heteroatoms. The first-order chi connectivity index (χ1) is 8.17. The van der Waals surface area contributed by atoms with Crippen LogP contribution in [0.4, 0.5) is 0 Å². The van der Waals surface area contributed by atoms with E-state index in [4.69, 9.17) is 5.11 Å². The molecule has 0 aromatic rings. The smallest absolute Gasteiger partial charge is 0.305 e. The van der Waals surface area contributed by atoms with Crippen LogP contribution in [0.2, 0.25) is 0 Å². The van der Waals surface area contributed by atoms with Gasteiger partial charge in [0, 0.05) is 18.6 Å². The first kappa shape index (κ1) is 15.0. The van der Waals surface area contributed by atoms with Gasteiger partial charge in [-0.2, -0.15) is 0 Å². The molecule has 0 saturated carbocycles. The fourth-order valence-corrected chi connectivity index (χ4v) is 2.27. The molecular formula is C13H24N2O3. The van der Waals surface area contributed by atoms with E-state index in [1.165, 1.54) is 0 Å². The van der Waals surface area contributed by atoms with Crippen molar-refractivity contribution in [3.05, 3.63) is 0 Å². The highest BCUT2D eigenvalue weighted by Crippen LogP contribution is 2.30. The number of carbonyl (C=O) groups excluding carboxylic acids is 1. The number of nitrogens with one attached hydrogen (secondary N) is 1. The molecule has 1 heterocycles. The quantitative estimate of drug-likeness (QED) is 0.790. The Balaban J connectivity index is 2.82. The van der Waals surface area contributed by atoms with E-state index in [1.54, 1.807) is 4.90 Å². The molecule has 104 valence electrons. The lowest BCUT2D eigenvalue weighted by Crippen LogP contribution is -2.52. The molecule has 1 amide bonds. The highest BCUT2D eigenvalue weighted by atomic mass is 16.4. The maximum atomic E-state index is 12.6. The Bertz CT molecular complexity index is 328. The van der Waals surface area contributed by atoms with E-state index < -0.39 is 11.4 Å². The SMILES string of the molecule is CC1(C(=O)N(CCC(=O)O)C(C)(C)C)CCNC1. The Morgan fingerprint density at radius 3 is 2.39 bits per heavy atom. The van der Waals surface area contributed by atoms with Crippen LogP contribution in [0.3, 0.4) is 0 Å². The Hall–Kier alpha value is -1.10. The number of amides is 1. The van der Waals surface area contributed by atoms with E-state index in [1.807, 2.05) is 27.7 Å². The summed E-state index contributed by atoms with van der Waals surface area (Å²) in [7, 11) is 0. The highest BCUT2D eigenvalue weighted by molar-refractivity contribution is 5.84. The van der Waals surface area contributed by atoms with Gasteiger partial charge in [0.2, 0.25) is 5.91 Å². The molecule has 1 aliphatic rings. The third-order valence-corrected chi connectivity index (χ3v) is 3.49. The minimum absolute atomic E-state index is 0.00742. The van der Waals surface area contributed by atoms with Crippen molar-refractivity contribution in [3.8, 4) is 0 Å². The molecule has 1 rings (SSSR count). The normalized spacial score (nSPS) is 24.0. The van der Waals surface area contributed by atoms with Gasteiger partial charge < -0.3 is 15.3 Å². The maximum Gasteiger partial charge on any atom is 0.305 e. The lowest BCUT2D eigenvalue weighted by molar-refractivity contribution is -0.147. The Kier molecular flexibility index (Phi) is 4.37. The van der Waals surface area contributed by atoms with Crippen molar-refractivity contribution < 1.29 is 14.7 Å². The van der Waals surface area contributed by atoms with E-state index in [2.05, 4.69) is 5.32 Å². The minimum atomic E-state index is -0.869. The standard InChI is InChI=1S/C13H24N2O3/c1-12(2,3)15(8-5-10(16)17)11(18)13(4)6-7-14-9-13/h14H,5-9H2,1-4H3,(H,16,17). The Labute approximate surface area is 109 Å². The van der Waals surface area contributed by atoms with Crippen LogP contribution in [-0.4, -0.2) is 47.1 Å². The van der Waals surface area contributed by atoms with Crippen molar-refractivity contribution in [3.63, 3.8) is 0 Å². The van der Waals surface area contributed by atoms with Gasteiger partial charge in [-0.05, 0) is 40.7 Å². The number of nitrogens with zero attached hydrogens (tertiary/aromatic N) is 1. The van der Waals surface area contributed by atoms with Gasteiger partial charge in [-0.1, -0.05) is 0 Å². The first-order valence-corrected chi connectivity index (χ1v) is 6.41. The van der Waals surface area contributed by atoms with Crippen molar-refractivity contribution in [2.45, 2.75) is 46.1 Å². The predicted octanol–water partition coefficient (Wildman–Crippen LogP) is 1.09. The van der Waals surface area contributed by atoms with Gasteiger partial charge in [-0.15, -0.1) is 0 Å². The molecule has 1 aliphatic heterocycles. The molecule has 0 spiro atoms. The van der Waals surface area contributed by atoms with Crippen LogP contribution in [0.25, 0.3) is 0 Å².